The largest absolute Gasteiger partial charge is 0.380 e. The van der Waals surface area contributed by atoms with Gasteiger partial charge >= 0.3 is 0 Å². The van der Waals surface area contributed by atoms with Crippen LogP contribution in [-0.2, 0) is 4.74 Å². The molecule has 0 heterocycles. The quantitative estimate of drug-likeness (QED) is 0.0956. The molecule has 0 aromatic carbocycles. The molecule has 0 aromatic heterocycles. The molecule has 0 bridgehead atoms. The summed E-state index contributed by atoms with van der Waals surface area (Å²) >= 11 is 0. The molecule has 2 nitrogen and oxygen atoms in total. The van der Waals surface area contributed by atoms with Crippen molar-refractivity contribution in [2.24, 2.45) is 11.8 Å². The summed E-state index contributed by atoms with van der Waals surface area (Å²) in [5, 5.41) is 0. The highest BCUT2D eigenvalue weighted by Gasteiger charge is 2.12. The molecule has 0 fully saturated rings. The predicted molar refractivity (Wildman–Crippen MR) is 160 cm³/mol. The Morgan fingerprint density at radius 2 is 0.857 bits per heavy atom. The zero-order valence-electron chi connectivity index (χ0n) is 25.4. The number of nitrogens with zero attached hydrogens (tertiary/aromatic N) is 1. The maximum Gasteiger partial charge on any atom is 0.0593 e. The van der Waals surface area contributed by atoms with Gasteiger partial charge in [0.25, 0.3) is 0 Å². The Morgan fingerprint density at radius 3 is 1.29 bits per heavy atom. The van der Waals surface area contributed by atoms with E-state index in [9.17, 15) is 0 Å². The summed E-state index contributed by atoms with van der Waals surface area (Å²) in [7, 11) is 2.32. The average molecular weight is 496 g/mol. The Kier molecular flexibility index (Phi) is 28.4. The van der Waals surface area contributed by atoms with Gasteiger partial charge in [0, 0.05) is 19.7 Å². The lowest BCUT2D eigenvalue weighted by Gasteiger charge is -2.24. The van der Waals surface area contributed by atoms with E-state index in [4.69, 9.17) is 4.74 Å². The summed E-state index contributed by atoms with van der Waals surface area (Å²) in [4.78, 5) is 2.55. The molecule has 0 aliphatic rings. The number of hydrogen-bond acceptors (Lipinski definition) is 2. The number of unbranched alkanes of at least 4 members (excludes halogenated alkanes) is 12. The van der Waals surface area contributed by atoms with E-state index < -0.39 is 0 Å². The van der Waals surface area contributed by atoms with E-state index >= 15 is 0 Å². The standard InChI is InChI=1S/C33H69NO/c1-6-10-14-18-23-32(24-19-15-11-7-2)27-22-29-35-30-28-34(5)31-33(25-20-16-12-8-3)26-21-17-13-9-4/h32-33H,6-31H2,1-5H3. The van der Waals surface area contributed by atoms with Crippen molar-refractivity contribution in [2.75, 3.05) is 33.4 Å². The molecule has 0 aliphatic carbocycles. The van der Waals surface area contributed by atoms with Gasteiger partial charge in [0.05, 0.1) is 6.61 Å². The van der Waals surface area contributed by atoms with Crippen LogP contribution in [0.3, 0.4) is 0 Å². The average Bonchev–Trinajstić information content (AvgIpc) is 2.86. The van der Waals surface area contributed by atoms with E-state index in [1.807, 2.05) is 0 Å². The molecular weight excluding hydrogens is 426 g/mol. The zero-order chi connectivity index (χ0) is 25.8. The normalized spacial score (nSPS) is 12.0. The minimum Gasteiger partial charge on any atom is -0.380 e. The first-order valence-electron chi connectivity index (χ1n) is 16.4. The lowest BCUT2D eigenvalue weighted by Crippen LogP contribution is -2.29. The predicted octanol–water partition coefficient (Wildman–Crippen LogP) is 10.8. The molecule has 0 amide bonds. The molecule has 35 heavy (non-hydrogen) atoms. The van der Waals surface area contributed by atoms with Crippen LogP contribution in [0, 0.1) is 11.8 Å². The Morgan fingerprint density at radius 1 is 0.457 bits per heavy atom. The summed E-state index contributed by atoms with van der Waals surface area (Å²) in [6, 6.07) is 0. The lowest BCUT2D eigenvalue weighted by atomic mass is 9.91. The highest BCUT2D eigenvalue weighted by molar-refractivity contribution is 4.66. The summed E-state index contributed by atoms with van der Waals surface area (Å²) in [6.45, 7) is 13.5. The van der Waals surface area contributed by atoms with Crippen LogP contribution in [0.15, 0.2) is 0 Å². The fourth-order valence-corrected chi connectivity index (χ4v) is 5.53. The van der Waals surface area contributed by atoms with Crippen LogP contribution >= 0.6 is 0 Å². The van der Waals surface area contributed by atoms with Crippen molar-refractivity contribution < 1.29 is 4.74 Å². The van der Waals surface area contributed by atoms with Gasteiger partial charge in [0.1, 0.15) is 0 Å². The van der Waals surface area contributed by atoms with Gasteiger partial charge in [-0.1, -0.05) is 143 Å². The molecular formula is C33H69NO. The highest BCUT2D eigenvalue weighted by atomic mass is 16.5. The van der Waals surface area contributed by atoms with Crippen LogP contribution in [0.5, 0.6) is 0 Å². The monoisotopic (exact) mass is 496 g/mol. The third-order valence-electron chi connectivity index (χ3n) is 7.95. The number of hydrogen-bond donors (Lipinski definition) is 0. The molecule has 0 aromatic rings. The molecule has 2 heteroatoms. The van der Waals surface area contributed by atoms with Crippen molar-refractivity contribution in [2.45, 2.75) is 169 Å². The van der Waals surface area contributed by atoms with Crippen LogP contribution in [0.2, 0.25) is 0 Å². The van der Waals surface area contributed by atoms with Crippen LogP contribution in [-0.4, -0.2) is 38.3 Å². The smallest absolute Gasteiger partial charge is 0.0593 e. The number of rotatable bonds is 29. The van der Waals surface area contributed by atoms with Crippen molar-refractivity contribution in [3.63, 3.8) is 0 Å². The Balaban J connectivity index is 4.09. The summed E-state index contributed by atoms with van der Waals surface area (Å²) in [6.07, 6.45) is 30.9. The van der Waals surface area contributed by atoms with Gasteiger partial charge in [-0.3, -0.25) is 0 Å². The van der Waals surface area contributed by atoms with Crippen molar-refractivity contribution in [1.82, 2.24) is 4.90 Å². The molecule has 0 aliphatic heterocycles. The zero-order valence-corrected chi connectivity index (χ0v) is 25.4. The van der Waals surface area contributed by atoms with Gasteiger partial charge in [-0.15, -0.1) is 0 Å². The molecule has 0 rings (SSSR count). The van der Waals surface area contributed by atoms with E-state index in [0.29, 0.717) is 0 Å². The third-order valence-corrected chi connectivity index (χ3v) is 7.95. The minimum atomic E-state index is 0.884. The van der Waals surface area contributed by atoms with E-state index in [-0.39, 0.29) is 0 Å². The summed E-state index contributed by atoms with van der Waals surface area (Å²) < 4.78 is 6.11. The van der Waals surface area contributed by atoms with Crippen molar-refractivity contribution in [1.29, 1.82) is 0 Å². The van der Waals surface area contributed by atoms with Crippen molar-refractivity contribution >= 4 is 0 Å². The first-order chi connectivity index (χ1) is 17.2. The molecule has 0 saturated carbocycles. The maximum absolute atomic E-state index is 6.11. The van der Waals surface area contributed by atoms with E-state index in [0.717, 1.165) is 31.6 Å². The highest BCUT2D eigenvalue weighted by Crippen LogP contribution is 2.23. The van der Waals surface area contributed by atoms with E-state index in [1.54, 1.807) is 0 Å². The van der Waals surface area contributed by atoms with Gasteiger partial charge in [-0.25, -0.2) is 0 Å². The molecule has 0 spiro atoms. The van der Waals surface area contributed by atoms with Crippen molar-refractivity contribution in [3.05, 3.63) is 0 Å². The molecule has 0 unspecified atom stereocenters. The first-order valence-corrected chi connectivity index (χ1v) is 16.4. The maximum atomic E-state index is 6.11. The summed E-state index contributed by atoms with van der Waals surface area (Å²) in [5.74, 6) is 1.83. The fraction of sp³-hybridized carbons (Fsp3) is 1.00. The van der Waals surface area contributed by atoms with Gasteiger partial charge in [-0.2, -0.15) is 0 Å². The van der Waals surface area contributed by atoms with Gasteiger partial charge in [0.15, 0.2) is 0 Å². The SMILES string of the molecule is CCCCCCC(CCCCCC)CCCOCCN(C)CC(CCCCCC)CCCCCC. The van der Waals surface area contributed by atoms with Gasteiger partial charge in [0.2, 0.25) is 0 Å². The topological polar surface area (TPSA) is 12.5 Å². The Bertz CT molecular complexity index is 361. The second-order valence-electron chi connectivity index (χ2n) is 11.6. The van der Waals surface area contributed by atoms with E-state index in [2.05, 4.69) is 39.6 Å². The number of ether oxygens (including phenoxy) is 1. The summed E-state index contributed by atoms with van der Waals surface area (Å²) in [5.41, 5.74) is 0. The van der Waals surface area contributed by atoms with Crippen molar-refractivity contribution in [3.8, 4) is 0 Å². The second kappa shape index (κ2) is 28.5. The van der Waals surface area contributed by atoms with E-state index in [1.165, 1.54) is 148 Å². The van der Waals surface area contributed by atoms with Gasteiger partial charge in [-0.05, 0) is 44.6 Å². The fourth-order valence-electron chi connectivity index (χ4n) is 5.53. The Hall–Kier alpha value is -0.0800. The molecule has 212 valence electrons. The van der Waals surface area contributed by atoms with Gasteiger partial charge < -0.3 is 9.64 Å². The second-order valence-corrected chi connectivity index (χ2v) is 11.6. The Labute approximate surface area is 223 Å². The molecule has 0 saturated heterocycles. The molecule has 0 atom stereocenters. The molecule has 0 N–H and O–H groups in total. The van der Waals surface area contributed by atoms with Crippen LogP contribution in [0.4, 0.5) is 0 Å². The van der Waals surface area contributed by atoms with Crippen LogP contribution < -0.4 is 0 Å². The molecule has 0 radical (unpaired) electrons. The third kappa shape index (κ3) is 25.4. The lowest BCUT2D eigenvalue weighted by molar-refractivity contribution is 0.0991. The minimum absolute atomic E-state index is 0.884. The first kappa shape index (κ1) is 34.9. The van der Waals surface area contributed by atoms with Crippen LogP contribution in [0.1, 0.15) is 169 Å². The number of likely N-dealkylation sites (N-methyl/N-ethyl adjacent to an activating group) is 1. The van der Waals surface area contributed by atoms with Crippen LogP contribution in [0.25, 0.3) is 0 Å².